The van der Waals surface area contributed by atoms with E-state index >= 15 is 0 Å². The molecule has 4 aliphatic rings. The molecule has 7 nitrogen and oxygen atoms in total. The standard InChI is InChI=1S/C31H38N4O3/c1-31(2,3)32-30(38)33-35-18-9-13-22-21(20-10-5-4-6-11-20)15-16-24(28(22)35)27-26(29(36)37)23-12-7-8-14-25(23)34(27)17-19-35/h7,9,12,15-16,18,20H,4-6,8,10-11,13-14,17,19H2,1-3H3,(H2-,32,33,36,37,38)/t35-/m0/s1. The molecular formula is C31H38N4O3. The molecule has 1 fully saturated rings. The van der Waals surface area contributed by atoms with Crippen LogP contribution in [0.2, 0.25) is 0 Å². The first kappa shape index (κ1) is 25.0. The van der Waals surface area contributed by atoms with Gasteiger partial charge in [-0.15, -0.1) is 0 Å². The SMILES string of the molecule is CC(C)(C)NC(=O)N[N@+]12C=CCc3c(C4CCCCC4)ccc(c31)-c1c(C(=O)[O-])c3c(n1CC2)CCC=C3. The van der Waals surface area contributed by atoms with Gasteiger partial charge < -0.3 is 19.8 Å². The Hall–Kier alpha value is -3.32. The molecule has 1 aromatic carbocycles. The number of carboxylic acids is 1. The van der Waals surface area contributed by atoms with E-state index in [1.165, 1.54) is 43.2 Å². The number of quaternary nitrogens is 1. The maximum absolute atomic E-state index is 13.4. The number of hydrogen-bond acceptors (Lipinski definition) is 3. The Kier molecular flexibility index (Phi) is 6.02. The fourth-order valence-electron chi connectivity index (χ4n) is 7.17. The monoisotopic (exact) mass is 514 g/mol. The van der Waals surface area contributed by atoms with Gasteiger partial charge in [-0.05, 0) is 70.1 Å². The Morgan fingerprint density at radius 2 is 1.89 bits per heavy atom. The van der Waals surface area contributed by atoms with Gasteiger partial charge in [0.05, 0.1) is 23.8 Å². The van der Waals surface area contributed by atoms with Gasteiger partial charge in [0.15, 0.2) is 5.69 Å². The van der Waals surface area contributed by atoms with E-state index in [1.54, 1.807) is 0 Å². The van der Waals surface area contributed by atoms with E-state index in [9.17, 15) is 14.7 Å². The highest BCUT2D eigenvalue weighted by molar-refractivity contribution is 6.02. The van der Waals surface area contributed by atoms with Crippen molar-refractivity contribution in [1.82, 2.24) is 19.9 Å². The molecule has 2 aromatic rings. The molecule has 200 valence electrons. The van der Waals surface area contributed by atoms with Gasteiger partial charge in [0.1, 0.15) is 12.7 Å². The number of aromatic carboxylic acids is 1. The van der Waals surface area contributed by atoms with Crippen molar-refractivity contribution < 1.29 is 14.7 Å². The fraction of sp³-hybridized carbons (Fsp3) is 0.484. The zero-order chi connectivity index (χ0) is 26.7. The predicted octanol–water partition coefficient (Wildman–Crippen LogP) is 4.93. The van der Waals surface area contributed by atoms with E-state index < -0.39 is 5.97 Å². The molecule has 2 N–H and O–H groups in total. The van der Waals surface area contributed by atoms with Gasteiger partial charge in [0.25, 0.3) is 0 Å². The van der Waals surface area contributed by atoms with Crippen LogP contribution in [0.25, 0.3) is 17.3 Å². The summed E-state index contributed by atoms with van der Waals surface area (Å²) in [6.45, 7) is 7.09. The molecule has 0 saturated heterocycles. The van der Waals surface area contributed by atoms with Crippen molar-refractivity contribution in [2.75, 3.05) is 6.54 Å². The van der Waals surface area contributed by atoms with E-state index in [0.29, 0.717) is 19.0 Å². The minimum atomic E-state index is -1.14. The number of urea groups is 1. The highest BCUT2D eigenvalue weighted by Gasteiger charge is 2.44. The minimum absolute atomic E-state index is 0.173. The largest absolute Gasteiger partial charge is 0.545 e. The van der Waals surface area contributed by atoms with Crippen LogP contribution in [0, 0.1) is 0 Å². The zero-order valence-electron chi connectivity index (χ0n) is 22.7. The van der Waals surface area contributed by atoms with Crippen molar-refractivity contribution in [2.24, 2.45) is 0 Å². The third-order valence-electron chi connectivity index (χ3n) is 8.62. The van der Waals surface area contributed by atoms with Gasteiger partial charge in [-0.25, -0.2) is 4.79 Å². The van der Waals surface area contributed by atoms with Gasteiger partial charge in [0, 0.05) is 34.3 Å². The van der Waals surface area contributed by atoms with Crippen LogP contribution in [0.3, 0.4) is 0 Å². The first-order chi connectivity index (χ1) is 18.2. The number of nitrogens with zero attached hydrogens (tertiary/aromatic N) is 2. The van der Waals surface area contributed by atoms with Crippen molar-refractivity contribution in [3.05, 3.63) is 58.4 Å². The Morgan fingerprint density at radius 1 is 1.11 bits per heavy atom. The van der Waals surface area contributed by atoms with E-state index in [0.717, 1.165) is 47.5 Å². The van der Waals surface area contributed by atoms with E-state index in [1.807, 2.05) is 26.8 Å². The van der Waals surface area contributed by atoms with Crippen LogP contribution in [0.15, 0.2) is 30.5 Å². The van der Waals surface area contributed by atoms with E-state index in [4.69, 9.17) is 0 Å². The third kappa shape index (κ3) is 4.08. The number of allylic oxidation sites excluding steroid dienone is 2. The molecule has 0 bridgehead atoms. The minimum Gasteiger partial charge on any atom is -0.545 e. The molecule has 2 aliphatic heterocycles. The lowest BCUT2D eigenvalue weighted by Crippen LogP contribution is -2.64. The summed E-state index contributed by atoms with van der Waals surface area (Å²) in [7, 11) is 0. The molecule has 7 heteroatoms. The van der Waals surface area contributed by atoms with E-state index in [-0.39, 0.29) is 21.7 Å². The topological polar surface area (TPSA) is 86.2 Å². The maximum Gasteiger partial charge on any atom is 0.360 e. The molecule has 0 radical (unpaired) electrons. The molecule has 1 atom stereocenters. The first-order valence-corrected chi connectivity index (χ1v) is 14.1. The zero-order valence-corrected chi connectivity index (χ0v) is 22.7. The number of amides is 2. The van der Waals surface area contributed by atoms with Gasteiger partial charge in [-0.2, -0.15) is 10.0 Å². The predicted molar refractivity (Wildman–Crippen MR) is 148 cm³/mol. The van der Waals surface area contributed by atoms with Crippen LogP contribution in [0.1, 0.15) is 98.0 Å². The summed E-state index contributed by atoms with van der Waals surface area (Å²) in [4.78, 5) is 26.0. The van der Waals surface area contributed by atoms with Crippen LogP contribution in [-0.2, 0) is 19.4 Å². The molecule has 1 saturated carbocycles. The van der Waals surface area contributed by atoms with Crippen LogP contribution in [-0.4, -0.2) is 28.7 Å². The summed E-state index contributed by atoms with van der Waals surface area (Å²) in [5.41, 5.74) is 10.3. The van der Waals surface area contributed by atoms with Crippen LogP contribution < -0.4 is 20.4 Å². The lowest BCUT2D eigenvalue weighted by molar-refractivity contribution is -0.254. The molecule has 2 amide bonds. The lowest BCUT2D eigenvalue weighted by Gasteiger charge is -2.39. The average Bonchev–Trinajstić information content (AvgIpc) is 3.13. The van der Waals surface area contributed by atoms with Gasteiger partial charge in [-0.3, -0.25) is 0 Å². The van der Waals surface area contributed by atoms with Crippen molar-refractivity contribution in [1.29, 1.82) is 0 Å². The maximum atomic E-state index is 13.4. The number of hydrogen-bond donors (Lipinski definition) is 2. The number of rotatable bonds is 3. The Morgan fingerprint density at radius 3 is 2.63 bits per heavy atom. The van der Waals surface area contributed by atoms with E-state index in [2.05, 4.69) is 45.8 Å². The average molecular weight is 515 g/mol. The number of carbonyl (C=O) groups is 2. The van der Waals surface area contributed by atoms with Crippen LogP contribution in [0.5, 0.6) is 0 Å². The third-order valence-corrected chi connectivity index (χ3v) is 8.62. The summed E-state index contributed by atoms with van der Waals surface area (Å²) >= 11 is 0. The summed E-state index contributed by atoms with van der Waals surface area (Å²) in [5.74, 6) is -0.649. The summed E-state index contributed by atoms with van der Waals surface area (Å²) in [6.07, 6.45) is 16.8. The first-order valence-electron chi connectivity index (χ1n) is 14.1. The second-order valence-electron chi connectivity index (χ2n) is 12.3. The van der Waals surface area contributed by atoms with Gasteiger partial charge in [-0.1, -0.05) is 37.5 Å². The number of nitrogens with one attached hydrogen (secondary N) is 2. The molecule has 1 aromatic heterocycles. The molecule has 0 unspecified atom stereocenters. The number of fused-ring (bicyclic) bond motifs is 4. The Labute approximate surface area is 224 Å². The fourth-order valence-corrected chi connectivity index (χ4v) is 7.17. The molecule has 3 heterocycles. The van der Waals surface area contributed by atoms with Crippen molar-refractivity contribution in [3.8, 4) is 11.3 Å². The van der Waals surface area contributed by atoms with Gasteiger partial charge in [0.2, 0.25) is 0 Å². The smallest absolute Gasteiger partial charge is 0.360 e. The highest BCUT2D eigenvalue weighted by atomic mass is 16.4. The van der Waals surface area contributed by atoms with Crippen LogP contribution >= 0.6 is 0 Å². The summed E-state index contributed by atoms with van der Waals surface area (Å²) in [6, 6.07) is 4.13. The lowest BCUT2D eigenvalue weighted by atomic mass is 9.79. The van der Waals surface area contributed by atoms with Gasteiger partial charge >= 0.3 is 6.03 Å². The Bertz CT molecular complexity index is 1370. The van der Waals surface area contributed by atoms with Crippen molar-refractivity contribution >= 4 is 23.8 Å². The highest BCUT2D eigenvalue weighted by Crippen LogP contribution is 2.49. The molecular weight excluding hydrogens is 476 g/mol. The van der Waals surface area contributed by atoms with Crippen molar-refractivity contribution in [3.63, 3.8) is 0 Å². The summed E-state index contributed by atoms with van der Waals surface area (Å²) < 4.78 is 2.36. The molecule has 6 rings (SSSR count). The normalized spacial score (nSPS) is 22.2. The number of carboxylic acid groups (broad SMARTS) is 1. The molecule has 38 heavy (non-hydrogen) atoms. The second kappa shape index (κ2) is 9.16. The second-order valence-corrected chi connectivity index (χ2v) is 12.3. The molecule has 0 spiro atoms. The summed E-state index contributed by atoms with van der Waals surface area (Å²) in [5, 5.41) is 15.7. The van der Waals surface area contributed by atoms with Crippen LogP contribution in [0.4, 0.5) is 10.5 Å². The Balaban J connectivity index is 1.60. The van der Waals surface area contributed by atoms with Crippen molar-refractivity contribution in [2.45, 2.75) is 90.1 Å². The number of carbonyl (C=O) groups excluding carboxylic acids is 2. The molecule has 2 aliphatic carbocycles. The number of benzene rings is 1. The quantitative estimate of drug-likeness (QED) is 0.570. The number of aromatic nitrogens is 1.